The minimum absolute atomic E-state index is 0.0701. The molecular weight excluding hydrogens is 320 g/mol. The third-order valence-corrected chi connectivity index (χ3v) is 5.97. The Morgan fingerprint density at radius 1 is 1.25 bits per heavy atom. The van der Waals surface area contributed by atoms with Gasteiger partial charge in [-0.2, -0.15) is 0 Å². The van der Waals surface area contributed by atoms with E-state index in [2.05, 4.69) is 29.6 Å². The first-order chi connectivity index (χ1) is 11.6. The van der Waals surface area contributed by atoms with Crippen LogP contribution in [-0.2, 0) is 11.2 Å². The Kier molecular flexibility index (Phi) is 3.88. The number of benzene rings is 1. The third-order valence-electron chi connectivity index (χ3n) is 5.12. The molecule has 0 unspecified atom stereocenters. The molecule has 4 rings (SSSR count). The largest absolute Gasteiger partial charge is 0.351 e. The molecule has 0 radical (unpaired) electrons. The number of amides is 2. The molecule has 1 heterocycles. The van der Waals surface area contributed by atoms with Crippen LogP contribution in [-0.4, -0.2) is 36.3 Å². The maximum atomic E-state index is 12.3. The van der Waals surface area contributed by atoms with Crippen LogP contribution in [0.3, 0.4) is 0 Å². The summed E-state index contributed by atoms with van der Waals surface area (Å²) >= 11 is 1.40. The first kappa shape index (κ1) is 15.4. The molecule has 1 fully saturated rings. The van der Waals surface area contributed by atoms with Crippen LogP contribution in [0.25, 0.3) is 0 Å². The zero-order valence-corrected chi connectivity index (χ0v) is 14.4. The maximum Gasteiger partial charge on any atom is 0.264 e. The smallest absolute Gasteiger partial charge is 0.264 e. The van der Waals surface area contributed by atoms with E-state index in [4.69, 9.17) is 0 Å². The van der Waals surface area contributed by atoms with Gasteiger partial charge in [0.2, 0.25) is 5.91 Å². The van der Waals surface area contributed by atoms with E-state index < -0.39 is 0 Å². The van der Waals surface area contributed by atoms with Gasteiger partial charge in [0.15, 0.2) is 0 Å². The lowest BCUT2D eigenvalue weighted by atomic mass is 9.92. The number of fused-ring (bicyclic) bond motifs is 3. The lowest BCUT2D eigenvalue weighted by Gasteiger charge is -2.16. The van der Waals surface area contributed by atoms with E-state index in [0.717, 1.165) is 12.8 Å². The second-order valence-corrected chi connectivity index (χ2v) is 7.61. The number of hydrogen-bond donors (Lipinski definition) is 1. The molecule has 0 bridgehead atoms. The fourth-order valence-corrected chi connectivity index (χ4v) is 4.59. The van der Waals surface area contributed by atoms with Crippen molar-refractivity contribution in [2.24, 2.45) is 5.92 Å². The van der Waals surface area contributed by atoms with Gasteiger partial charge in [0.25, 0.3) is 5.91 Å². The summed E-state index contributed by atoms with van der Waals surface area (Å²) in [5, 5.41) is 5.01. The van der Waals surface area contributed by atoms with Crippen molar-refractivity contribution in [1.82, 2.24) is 10.2 Å². The van der Waals surface area contributed by atoms with Crippen LogP contribution < -0.4 is 5.32 Å². The van der Waals surface area contributed by atoms with Crippen molar-refractivity contribution in [2.75, 3.05) is 13.6 Å². The summed E-state index contributed by atoms with van der Waals surface area (Å²) in [6, 6.07) is 12.4. The van der Waals surface area contributed by atoms with Gasteiger partial charge >= 0.3 is 0 Å². The predicted octanol–water partition coefficient (Wildman–Crippen LogP) is 2.66. The maximum absolute atomic E-state index is 12.3. The first-order valence-corrected chi connectivity index (χ1v) is 9.19. The van der Waals surface area contributed by atoms with E-state index in [9.17, 15) is 9.59 Å². The molecule has 1 saturated carbocycles. The van der Waals surface area contributed by atoms with Crippen molar-refractivity contribution in [3.05, 3.63) is 57.8 Å². The van der Waals surface area contributed by atoms with Crippen LogP contribution >= 0.6 is 11.3 Å². The Labute approximate surface area is 145 Å². The normalized spacial score (nSPS) is 23.8. The fourth-order valence-electron chi connectivity index (χ4n) is 3.87. The Hall–Kier alpha value is -2.14. The Bertz CT molecular complexity index is 771. The third kappa shape index (κ3) is 2.73. The van der Waals surface area contributed by atoms with E-state index in [-0.39, 0.29) is 24.4 Å². The number of thiophene rings is 1. The molecule has 1 N–H and O–H groups in total. The predicted molar refractivity (Wildman–Crippen MR) is 94.2 cm³/mol. The molecule has 3 atom stereocenters. The quantitative estimate of drug-likeness (QED) is 0.930. The van der Waals surface area contributed by atoms with Gasteiger partial charge in [-0.3, -0.25) is 9.59 Å². The van der Waals surface area contributed by atoms with Gasteiger partial charge in [-0.15, -0.1) is 11.3 Å². The van der Waals surface area contributed by atoms with Crippen molar-refractivity contribution in [2.45, 2.75) is 24.8 Å². The van der Waals surface area contributed by atoms with Gasteiger partial charge in [0.05, 0.1) is 11.4 Å². The Morgan fingerprint density at radius 2 is 2.08 bits per heavy atom. The second-order valence-electron chi connectivity index (χ2n) is 6.66. The molecule has 124 valence electrons. The SMILES string of the molecule is CN(CC(=O)N[C@@H]1[C@@H]2CCc3ccccc3[C@H]21)C(=O)c1cccs1. The van der Waals surface area contributed by atoms with Gasteiger partial charge in [-0.25, -0.2) is 0 Å². The monoisotopic (exact) mass is 340 g/mol. The first-order valence-electron chi connectivity index (χ1n) is 8.31. The number of nitrogens with one attached hydrogen (secondary N) is 1. The van der Waals surface area contributed by atoms with E-state index in [0.29, 0.717) is 16.7 Å². The van der Waals surface area contributed by atoms with E-state index in [1.807, 2.05) is 11.4 Å². The van der Waals surface area contributed by atoms with Gasteiger partial charge in [-0.1, -0.05) is 30.3 Å². The summed E-state index contributed by atoms with van der Waals surface area (Å²) in [4.78, 5) is 26.7. The molecule has 2 amide bonds. The lowest BCUT2D eigenvalue weighted by Crippen LogP contribution is -2.39. The molecule has 5 heteroatoms. The average Bonchev–Trinajstić information content (AvgIpc) is 3.03. The van der Waals surface area contributed by atoms with Crippen molar-refractivity contribution in [1.29, 1.82) is 0 Å². The standard InChI is InChI=1S/C19H20N2O2S/c1-21(19(23)15-7-4-10-24-15)11-16(22)20-18-14-9-8-12-5-2-3-6-13(12)17(14)18/h2-7,10,14,17-18H,8-9,11H2,1H3,(H,20,22)/t14-,17-,18-/m1/s1. The van der Waals surface area contributed by atoms with Crippen LogP contribution in [0.4, 0.5) is 0 Å². The number of carbonyl (C=O) groups excluding carboxylic acids is 2. The molecule has 0 saturated heterocycles. The molecule has 2 aliphatic rings. The minimum Gasteiger partial charge on any atom is -0.351 e. The van der Waals surface area contributed by atoms with Gasteiger partial charge < -0.3 is 10.2 Å². The topological polar surface area (TPSA) is 49.4 Å². The number of rotatable bonds is 4. The van der Waals surface area contributed by atoms with E-state index in [1.54, 1.807) is 13.1 Å². The Morgan fingerprint density at radius 3 is 2.88 bits per heavy atom. The molecule has 2 aromatic rings. The molecular formula is C19H20N2O2S. The van der Waals surface area contributed by atoms with Crippen molar-refractivity contribution in [3.63, 3.8) is 0 Å². The molecule has 24 heavy (non-hydrogen) atoms. The van der Waals surface area contributed by atoms with Crippen molar-refractivity contribution >= 4 is 23.2 Å². The number of nitrogens with zero attached hydrogens (tertiary/aromatic N) is 1. The zero-order chi connectivity index (χ0) is 16.7. The molecule has 0 aliphatic heterocycles. The van der Waals surface area contributed by atoms with Crippen LogP contribution in [0.1, 0.15) is 33.1 Å². The summed E-state index contributed by atoms with van der Waals surface area (Å²) in [5.41, 5.74) is 2.81. The highest BCUT2D eigenvalue weighted by molar-refractivity contribution is 7.12. The minimum atomic E-state index is -0.0984. The van der Waals surface area contributed by atoms with Crippen molar-refractivity contribution in [3.8, 4) is 0 Å². The summed E-state index contributed by atoms with van der Waals surface area (Å²) in [7, 11) is 1.68. The summed E-state index contributed by atoms with van der Waals surface area (Å²) in [5.74, 6) is 0.845. The van der Waals surface area contributed by atoms with Crippen LogP contribution in [0.2, 0.25) is 0 Å². The number of aryl methyl sites for hydroxylation is 1. The van der Waals surface area contributed by atoms with E-state index in [1.165, 1.54) is 27.4 Å². The summed E-state index contributed by atoms with van der Waals surface area (Å²) < 4.78 is 0. The average molecular weight is 340 g/mol. The Balaban J connectivity index is 1.36. The van der Waals surface area contributed by atoms with Crippen molar-refractivity contribution < 1.29 is 9.59 Å². The highest BCUT2D eigenvalue weighted by Gasteiger charge is 2.53. The van der Waals surface area contributed by atoms with Gasteiger partial charge in [0.1, 0.15) is 0 Å². The lowest BCUT2D eigenvalue weighted by molar-refractivity contribution is -0.121. The summed E-state index contributed by atoms with van der Waals surface area (Å²) in [6.45, 7) is 0.105. The highest BCUT2D eigenvalue weighted by atomic mass is 32.1. The molecule has 0 spiro atoms. The second kappa shape index (κ2) is 6.06. The molecule has 2 aliphatic carbocycles. The van der Waals surface area contributed by atoms with E-state index >= 15 is 0 Å². The molecule has 1 aromatic heterocycles. The van der Waals surface area contributed by atoms with Crippen LogP contribution in [0.5, 0.6) is 0 Å². The number of likely N-dealkylation sites (N-methyl/N-ethyl adjacent to an activating group) is 1. The highest BCUT2D eigenvalue weighted by Crippen LogP contribution is 2.54. The zero-order valence-electron chi connectivity index (χ0n) is 13.6. The van der Waals surface area contributed by atoms with Crippen LogP contribution in [0.15, 0.2) is 41.8 Å². The van der Waals surface area contributed by atoms with Gasteiger partial charge in [0, 0.05) is 19.0 Å². The van der Waals surface area contributed by atoms with Gasteiger partial charge in [-0.05, 0) is 41.3 Å². The molecule has 1 aromatic carbocycles. The van der Waals surface area contributed by atoms with Crippen LogP contribution in [0, 0.1) is 5.92 Å². The summed E-state index contributed by atoms with van der Waals surface area (Å²) in [6.07, 6.45) is 2.23. The number of hydrogen-bond acceptors (Lipinski definition) is 3. The number of carbonyl (C=O) groups is 2. The fraction of sp³-hybridized carbons (Fsp3) is 0.368. The molecule has 4 nitrogen and oxygen atoms in total.